The van der Waals surface area contributed by atoms with Gasteiger partial charge in [-0.15, -0.1) is 0 Å². The van der Waals surface area contributed by atoms with E-state index in [1.807, 2.05) is 14.1 Å². The molecule has 0 bridgehead atoms. The van der Waals surface area contributed by atoms with Crippen LogP contribution in [0.15, 0.2) is 36.4 Å². The number of carbonyl (C=O) groups is 2. The average Bonchev–Trinajstić information content (AvgIpc) is 2.70. The van der Waals surface area contributed by atoms with Gasteiger partial charge in [0.25, 0.3) is 17.5 Å². The molecule has 0 aromatic heterocycles. The third-order valence-corrected chi connectivity index (χ3v) is 4.46. The summed E-state index contributed by atoms with van der Waals surface area (Å²) in [6.07, 6.45) is 0.683. The molecule has 2 rings (SSSR count). The average molecular weight is 414 g/mol. The van der Waals surface area contributed by atoms with Crippen molar-refractivity contribution in [2.75, 3.05) is 44.6 Å². The van der Waals surface area contributed by atoms with E-state index in [4.69, 9.17) is 4.74 Å². The van der Waals surface area contributed by atoms with Gasteiger partial charge < -0.3 is 20.3 Å². The minimum absolute atomic E-state index is 0.123. The molecule has 2 aromatic rings. The minimum atomic E-state index is -0.524. The summed E-state index contributed by atoms with van der Waals surface area (Å²) in [5, 5.41) is 16.7. The second kappa shape index (κ2) is 10.4. The fourth-order valence-corrected chi connectivity index (χ4v) is 2.85. The van der Waals surface area contributed by atoms with Crippen LogP contribution in [0.1, 0.15) is 32.7 Å². The summed E-state index contributed by atoms with van der Waals surface area (Å²) in [6.45, 7) is 2.61. The maximum Gasteiger partial charge on any atom is 0.273 e. The maximum atomic E-state index is 12.6. The number of benzene rings is 2. The molecule has 0 fully saturated rings. The SMILES string of the molecule is COCCCNC(=O)c1cc(NC(=O)c2ccc(C)c([N+](=O)[O-])c2)ccc1N(C)C. The van der Waals surface area contributed by atoms with E-state index in [9.17, 15) is 19.7 Å². The summed E-state index contributed by atoms with van der Waals surface area (Å²) >= 11 is 0. The van der Waals surface area contributed by atoms with Crippen molar-refractivity contribution in [2.24, 2.45) is 0 Å². The van der Waals surface area contributed by atoms with Gasteiger partial charge in [0.1, 0.15) is 0 Å². The minimum Gasteiger partial charge on any atom is -0.385 e. The standard InChI is InChI=1S/C21H26N4O5/c1-14-6-7-15(12-19(14)25(28)29)20(26)23-16-8-9-18(24(2)3)17(13-16)21(27)22-10-5-11-30-4/h6-9,12-13H,5,10-11H2,1-4H3,(H,22,27)(H,23,26). The molecule has 0 aliphatic heterocycles. The number of amides is 2. The molecule has 0 aliphatic rings. The largest absolute Gasteiger partial charge is 0.385 e. The van der Waals surface area contributed by atoms with Crippen LogP contribution in [0.25, 0.3) is 0 Å². The van der Waals surface area contributed by atoms with E-state index in [0.717, 1.165) is 0 Å². The van der Waals surface area contributed by atoms with Crippen molar-refractivity contribution in [1.82, 2.24) is 5.32 Å². The summed E-state index contributed by atoms with van der Waals surface area (Å²) in [6, 6.07) is 9.29. The lowest BCUT2D eigenvalue weighted by Gasteiger charge is -2.18. The number of methoxy groups -OCH3 is 1. The molecule has 0 radical (unpaired) electrons. The van der Waals surface area contributed by atoms with Gasteiger partial charge in [-0.05, 0) is 37.6 Å². The van der Waals surface area contributed by atoms with E-state index < -0.39 is 10.8 Å². The van der Waals surface area contributed by atoms with Crippen LogP contribution in [-0.4, -0.2) is 51.1 Å². The molecular weight excluding hydrogens is 388 g/mol. The van der Waals surface area contributed by atoms with Gasteiger partial charge >= 0.3 is 0 Å². The summed E-state index contributed by atoms with van der Waals surface area (Å²) < 4.78 is 4.98. The third-order valence-electron chi connectivity index (χ3n) is 4.46. The van der Waals surface area contributed by atoms with Crippen LogP contribution in [0, 0.1) is 17.0 Å². The summed E-state index contributed by atoms with van der Waals surface area (Å²) in [5.41, 5.74) is 2.03. The quantitative estimate of drug-likeness (QED) is 0.370. The highest BCUT2D eigenvalue weighted by atomic mass is 16.6. The zero-order chi connectivity index (χ0) is 22.3. The second-order valence-electron chi connectivity index (χ2n) is 6.94. The molecule has 0 atom stereocenters. The molecular formula is C21H26N4O5. The van der Waals surface area contributed by atoms with Crippen molar-refractivity contribution >= 4 is 28.9 Å². The van der Waals surface area contributed by atoms with Gasteiger partial charge in [0, 0.05) is 62.9 Å². The number of aryl methyl sites for hydroxylation is 1. The van der Waals surface area contributed by atoms with Crippen LogP contribution < -0.4 is 15.5 Å². The molecule has 0 saturated heterocycles. The van der Waals surface area contributed by atoms with Crippen LogP contribution in [0.2, 0.25) is 0 Å². The highest BCUT2D eigenvalue weighted by molar-refractivity contribution is 6.06. The van der Waals surface area contributed by atoms with E-state index in [2.05, 4.69) is 10.6 Å². The number of rotatable bonds is 9. The first-order valence-electron chi connectivity index (χ1n) is 9.39. The van der Waals surface area contributed by atoms with Crippen molar-refractivity contribution in [2.45, 2.75) is 13.3 Å². The molecule has 0 unspecified atom stereocenters. The highest BCUT2D eigenvalue weighted by Crippen LogP contribution is 2.24. The molecule has 0 saturated carbocycles. The first-order chi connectivity index (χ1) is 14.2. The Morgan fingerprint density at radius 1 is 1.13 bits per heavy atom. The Balaban J connectivity index is 2.23. The van der Waals surface area contributed by atoms with Gasteiger partial charge in [0.2, 0.25) is 0 Å². The van der Waals surface area contributed by atoms with Gasteiger partial charge in [-0.3, -0.25) is 19.7 Å². The lowest BCUT2D eigenvalue weighted by Crippen LogP contribution is -2.27. The van der Waals surface area contributed by atoms with Gasteiger partial charge in [-0.1, -0.05) is 6.07 Å². The summed E-state index contributed by atoms with van der Waals surface area (Å²) in [7, 11) is 5.24. The Hall–Kier alpha value is -3.46. The second-order valence-corrected chi connectivity index (χ2v) is 6.94. The summed E-state index contributed by atoms with van der Waals surface area (Å²) in [5.74, 6) is -0.765. The van der Waals surface area contributed by atoms with E-state index in [1.165, 1.54) is 18.2 Å². The molecule has 0 spiro atoms. The Labute approximate surface area is 175 Å². The highest BCUT2D eigenvalue weighted by Gasteiger charge is 2.17. The number of nitro groups is 1. The van der Waals surface area contributed by atoms with Crippen LogP contribution in [-0.2, 0) is 4.74 Å². The van der Waals surface area contributed by atoms with Crippen LogP contribution in [0.3, 0.4) is 0 Å². The molecule has 2 N–H and O–H groups in total. The number of nitrogens with zero attached hydrogens (tertiary/aromatic N) is 2. The lowest BCUT2D eigenvalue weighted by atomic mass is 10.1. The third kappa shape index (κ3) is 5.77. The smallest absolute Gasteiger partial charge is 0.273 e. The van der Waals surface area contributed by atoms with E-state index in [-0.39, 0.29) is 17.2 Å². The van der Waals surface area contributed by atoms with Gasteiger partial charge in [0.05, 0.1) is 10.5 Å². The zero-order valence-corrected chi connectivity index (χ0v) is 17.5. The number of anilines is 2. The molecule has 2 aromatic carbocycles. The van der Waals surface area contributed by atoms with E-state index >= 15 is 0 Å². The Morgan fingerprint density at radius 3 is 2.50 bits per heavy atom. The number of nitro benzene ring substituents is 1. The molecule has 9 heteroatoms. The molecule has 2 amide bonds. The van der Waals surface area contributed by atoms with E-state index in [0.29, 0.717) is 42.1 Å². The van der Waals surface area contributed by atoms with Crippen molar-refractivity contribution < 1.29 is 19.2 Å². The Bertz CT molecular complexity index is 943. The fraction of sp³-hybridized carbons (Fsp3) is 0.333. The van der Waals surface area contributed by atoms with Gasteiger partial charge in [-0.25, -0.2) is 0 Å². The first-order valence-corrected chi connectivity index (χ1v) is 9.39. The van der Waals surface area contributed by atoms with Crippen LogP contribution >= 0.6 is 0 Å². The monoisotopic (exact) mass is 414 g/mol. The topological polar surface area (TPSA) is 114 Å². The number of ether oxygens (including phenoxy) is 1. The zero-order valence-electron chi connectivity index (χ0n) is 17.5. The number of carbonyl (C=O) groups excluding carboxylic acids is 2. The Kier molecular flexibility index (Phi) is 7.88. The first kappa shape index (κ1) is 22.8. The maximum absolute atomic E-state index is 12.6. The predicted molar refractivity (Wildman–Crippen MR) is 115 cm³/mol. The van der Waals surface area contributed by atoms with Crippen molar-refractivity contribution in [3.05, 3.63) is 63.2 Å². The number of hydrogen-bond donors (Lipinski definition) is 2. The lowest BCUT2D eigenvalue weighted by molar-refractivity contribution is -0.385. The van der Waals surface area contributed by atoms with Gasteiger partial charge in [-0.2, -0.15) is 0 Å². The van der Waals surface area contributed by atoms with Crippen LogP contribution in [0.5, 0.6) is 0 Å². The van der Waals surface area contributed by atoms with E-state index in [1.54, 1.807) is 37.1 Å². The van der Waals surface area contributed by atoms with Crippen molar-refractivity contribution in [3.63, 3.8) is 0 Å². The number of hydrogen-bond acceptors (Lipinski definition) is 6. The Morgan fingerprint density at radius 2 is 1.87 bits per heavy atom. The summed E-state index contributed by atoms with van der Waals surface area (Å²) in [4.78, 5) is 37.6. The molecule has 0 aliphatic carbocycles. The molecule has 30 heavy (non-hydrogen) atoms. The predicted octanol–water partition coefficient (Wildman–Crippen LogP) is 2.99. The van der Waals surface area contributed by atoms with Crippen LogP contribution in [0.4, 0.5) is 17.1 Å². The fourth-order valence-electron chi connectivity index (χ4n) is 2.85. The van der Waals surface area contributed by atoms with Crippen molar-refractivity contribution in [3.8, 4) is 0 Å². The molecule has 9 nitrogen and oxygen atoms in total. The van der Waals surface area contributed by atoms with Gasteiger partial charge in [0.15, 0.2) is 0 Å². The number of nitrogens with one attached hydrogen (secondary N) is 2. The molecule has 160 valence electrons. The van der Waals surface area contributed by atoms with Crippen molar-refractivity contribution in [1.29, 1.82) is 0 Å². The normalized spacial score (nSPS) is 10.4. The molecule has 0 heterocycles.